The summed E-state index contributed by atoms with van der Waals surface area (Å²) in [5, 5.41) is 16.6. The smallest absolute Gasteiger partial charge is 0.341 e. The third kappa shape index (κ3) is 2.44. The molecule has 0 saturated heterocycles. The highest BCUT2D eigenvalue weighted by atomic mass is 19.1. The fourth-order valence-electron chi connectivity index (χ4n) is 4.12. The number of pyridine rings is 1. The van der Waals surface area contributed by atoms with Crippen LogP contribution in [0.25, 0.3) is 10.9 Å². The maximum absolute atomic E-state index is 15.3. The summed E-state index contributed by atoms with van der Waals surface area (Å²) in [7, 11) is 0. The molecule has 1 aliphatic heterocycles. The zero-order chi connectivity index (χ0) is 19.6. The number of hydrogen-bond acceptors (Lipinski definition) is 4. The molecule has 0 atom stereocenters. The minimum atomic E-state index is -1.28. The summed E-state index contributed by atoms with van der Waals surface area (Å²) in [6.45, 7) is 2.73. The van der Waals surface area contributed by atoms with Crippen molar-refractivity contribution in [3.63, 3.8) is 0 Å². The molecule has 28 heavy (non-hydrogen) atoms. The van der Waals surface area contributed by atoms with Crippen LogP contribution in [0, 0.1) is 12.7 Å². The Morgan fingerprint density at radius 1 is 1.39 bits per heavy atom. The number of fused-ring (bicyclic) bond motifs is 2. The number of hydrogen-bond donors (Lipinski definition) is 2. The molecule has 2 aromatic heterocycles. The molecule has 0 amide bonds. The summed E-state index contributed by atoms with van der Waals surface area (Å²) in [6, 6.07) is 1.86. The Morgan fingerprint density at radius 3 is 2.89 bits per heavy atom. The van der Waals surface area contributed by atoms with Crippen LogP contribution < -0.4 is 10.3 Å². The quantitative estimate of drug-likeness (QED) is 0.727. The summed E-state index contributed by atoms with van der Waals surface area (Å²) >= 11 is 0. The van der Waals surface area contributed by atoms with Crippen molar-refractivity contribution in [3.05, 3.63) is 56.9 Å². The van der Waals surface area contributed by atoms with Gasteiger partial charge in [0.15, 0.2) is 0 Å². The van der Waals surface area contributed by atoms with Gasteiger partial charge >= 0.3 is 5.97 Å². The second-order valence-electron chi connectivity index (χ2n) is 7.59. The lowest BCUT2D eigenvalue weighted by atomic mass is 10.0. The van der Waals surface area contributed by atoms with Gasteiger partial charge in [0.1, 0.15) is 11.4 Å². The number of aromatic nitrogens is 3. The van der Waals surface area contributed by atoms with Gasteiger partial charge in [-0.05, 0) is 25.8 Å². The van der Waals surface area contributed by atoms with Gasteiger partial charge in [-0.25, -0.2) is 9.18 Å². The van der Waals surface area contributed by atoms with Gasteiger partial charge in [0.25, 0.3) is 0 Å². The molecule has 0 unspecified atom stereocenters. The van der Waals surface area contributed by atoms with Crippen molar-refractivity contribution in [3.8, 4) is 0 Å². The highest BCUT2D eigenvalue weighted by molar-refractivity contribution is 5.95. The molecule has 0 bridgehead atoms. The number of carboxylic acids is 1. The lowest BCUT2D eigenvalue weighted by molar-refractivity contribution is 0.0695. The summed E-state index contributed by atoms with van der Waals surface area (Å²) < 4.78 is 17.2. The molecule has 2 N–H and O–H groups in total. The van der Waals surface area contributed by atoms with Gasteiger partial charge in [-0.2, -0.15) is 5.10 Å². The molecule has 0 radical (unpaired) electrons. The SMILES string of the molecule is Cc1c(F)c(N2CCc3[nH]ncc3C2)cc2c1c(=O)c(C(=O)O)cn2C1CC1. The maximum atomic E-state index is 15.3. The van der Waals surface area contributed by atoms with Crippen LogP contribution in [-0.4, -0.2) is 32.4 Å². The van der Waals surface area contributed by atoms with E-state index in [4.69, 9.17) is 0 Å². The van der Waals surface area contributed by atoms with Crippen molar-refractivity contribution in [2.75, 3.05) is 11.4 Å². The first kappa shape index (κ1) is 17.0. The van der Waals surface area contributed by atoms with E-state index in [1.54, 1.807) is 19.2 Å². The predicted octanol–water partition coefficient (Wildman–Crippen LogP) is 2.77. The minimum absolute atomic E-state index is 0.153. The Balaban J connectivity index is 1.74. The molecule has 2 aliphatic rings. The number of H-pyrrole nitrogens is 1. The van der Waals surface area contributed by atoms with E-state index in [-0.39, 0.29) is 22.6 Å². The molecular formula is C20H19FN4O3. The minimum Gasteiger partial charge on any atom is -0.477 e. The van der Waals surface area contributed by atoms with Crippen LogP contribution in [0.5, 0.6) is 0 Å². The van der Waals surface area contributed by atoms with E-state index in [2.05, 4.69) is 10.2 Å². The molecule has 1 fully saturated rings. The number of nitrogens with zero attached hydrogens (tertiary/aromatic N) is 3. The Hall–Kier alpha value is -3.16. The third-order valence-electron chi connectivity index (χ3n) is 5.79. The lowest BCUT2D eigenvalue weighted by Gasteiger charge is -2.30. The molecule has 1 aromatic carbocycles. The standard InChI is InChI=1S/C20H19FN4O3/c1-10-17-15(25(12-2-3-12)9-13(19(17)26)20(27)28)6-16(18(10)21)24-5-4-14-11(8-24)7-22-23-14/h6-7,9,12H,2-5,8H2,1H3,(H,22,23)(H,27,28). The molecule has 1 aliphatic carbocycles. The summed E-state index contributed by atoms with van der Waals surface area (Å²) in [5.74, 6) is -1.75. The number of benzene rings is 1. The molecule has 3 aromatic rings. The average Bonchev–Trinajstić information content (AvgIpc) is 3.40. The summed E-state index contributed by atoms with van der Waals surface area (Å²) in [5.41, 5.74) is 2.40. The van der Waals surface area contributed by atoms with Crippen molar-refractivity contribution < 1.29 is 14.3 Å². The third-order valence-corrected chi connectivity index (χ3v) is 5.79. The zero-order valence-electron chi connectivity index (χ0n) is 15.3. The lowest BCUT2D eigenvalue weighted by Crippen LogP contribution is -2.31. The average molecular weight is 382 g/mol. The number of rotatable bonds is 3. The number of anilines is 1. The summed E-state index contributed by atoms with van der Waals surface area (Å²) in [4.78, 5) is 26.3. The number of aryl methyl sites for hydroxylation is 1. The van der Waals surface area contributed by atoms with E-state index in [0.717, 1.165) is 30.5 Å². The van der Waals surface area contributed by atoms with Crippen molar-refractivity contribution in [2.45, 2.75) is 38.8 Å². The first-order chi connectivity index (χ1) is 13.5. The van der Waals surface area contributed by atoms with Gasteiger partial charge < -0.3 is 14.6 Å². The number of carboxylic acid groups (broad SMARTS) is 1. The largest absolute Gasteiger partial charge is 0.477 e. The monoisotopic (exact) mass is 382 g/mol. The highest BCUT2D eigenvalue weighted by Gasteiger charge is 2.30. The topological polar surface area (TPSA) is 91.2 Å². The van der Waals surface area contributed by atoms with Gasteiger partial charge in [-0.3, -0.25) is 9.89 Å². The van der Waals surface area contributed by atoms with Crippen molar-refractivity contribution >= 4 is 22.6 Å². The van der Waals surface area contributed by atoms with Crippen LogP contribution in [0.2, 0.25) is 0 Å². The molecule has 1 saturated carbocycles. The number of aromatic amines is 1. The van der Waals surface area contributed by atoms with Crippen LogP contribution in [0.4, 0.5) is 10.1 Å². The van der Waals surface area contributed by atoms with Crippen LogP contribution >= 0.6 is 0 Å². The first-order valence-electron chi connectivity index (χ1n) is 9.33. The normalized spacial score (nSPS) is 16.4. The van der Waals surface area contributed by atoms with E-state index in [1.807, 2.05) is 9.47 Å². The Morgan fingerprint density at radius 2 is 2.18 bits per heavy atom. The van der Waals surface area contributed by atoms with Crippen LogP contribution in [0.1, 0.15) is 46.1 Å². The maximum Gasteiger partial charge on any atom is 0.341 e. The van der Waals surface area contributed by atoms with Crippen molar-refractivity contribution in [2.24, 2.45) is 0 Å². The molecule has 8 heteroatoms. The van der Waals surface area contributed by atoms with E-state index < -0.39 is 17.2 Å². The first-order valence-corrected chi connectivity index (χ1v) is 9.33. The van der Waals surface area contributed by atoms with Gasteiger partial charge in [0.05, 0.1) is 22.8 Å². The van der Waals surface area contributed by atoms with Crippen molar-refractivity contribution in [1.29, 1.82) is 0 Å². The van der Waals surface area contributed by atoms with Crippen LogP contribution in [0.3, 0.4) is 0 Å². The summed E-state index contributed by atoms with van der Waals surface area (Å²) in [6.07, 6.45) is 5.75. The molecule has 0 spiro atoms. The molecule has 144 valence electrons. The second kappa shape index (κ2) is 5.92. The molecule has 7 nitrogen and oxygen atoms in total. The van der Waals surface area contributed by atoms with Gasteiger partial charge in [-0.15, -0.1) is 0 Å². The predicted molar refractivity (Wildman–Crippen MR) is 101 cm³/mol. The Bertz CT molecular complexity index is 1190. The fraction of sp³-hybridized carbons (Fsp3) is 0.350. The number of carbonyl (C=O) groups is 1. The van der Waals surface area contributed by atoms with E-state index in [9.17, 15) is 14.7 Å². The van der Waals surface area contributed by atoms with E-state index in [0.29, 0.717) is 24.3 Å². The van der Waals surface area contributed by atoms with Gasteiger partial charge in [0, 0.05) is 48.6 Å². The zero-order valence-corrected chi connectivity index (χ0v) is 15.3. The van der Waals surface area contributed by atoms with E-state index >= 15 is 4.39 Å². The highest BCUT2D eigenvalue weighted by Crippen LogP contribution is 2.39. The van der Waals surface area contributed by atoms with Crippen LogP contribution in [0.15, 0.2) is 23.3 Å². The Kier molecular flexibility index (Phi) is 3.59. The van der Waals surface area contributed by atoms with Gasteiger partial charge in [0.2, 0.25) is 5.43 Å². The molecular weight excluding hydrogens is 363 g/mol. The van der Waals surface area contributed by atoms with Crippen LogP contribution in [-0.2, 0) is 13.0 Å². The number of halogens is 1. The molecule has 5 rings (SSSR count). The molecule has 3 heterocycles. The fourth-order valence-corrected chi connectivity index (χ4v) is 4.12. The van der Waals surface area contributed by atoms with Gasteiger partial charge in [-0.1, -0.05) is 0 Å². The second-order valence-corrected chi connectivity index (χ2v) is 7.59. The Labute approximate surface area is 159 Å². The van der Waals surface area contributed by atoms with E-state index in [1.165, 1.54) is 6.20 Å². The number of nitrogens with one attached hydrogen (secondary N) is 1. The van der Waals surface area contributed by atoms with Crippen molar-refractivity contribution in [1.82, 2.24) is 14.8 Å². The number of aromatic carboxylic acids is 1.